The number of nitrogens with zero attached hydrogens (tertiary/aromatic N) is 1. The first-order valence-electron chi connectivity index (χ1n) is 5.42. The highest BCUT2D eigenvalue weighted by Crippen LogP contribution is 2.19. The average Bonchev–Trinajstić information content (AvgIpc) is 2.28. The van der Waals surface area contributed by atoms with E-state index in [1.54, 1.807) is 7.05 Å². The van der Waals surface area contributed by atoms with Crippen LogP contribution in [0.2, 0.25) is 0 Å². The lowest BCUT2D eigenvalue weighted by Gasteiger charge is -2.18. The highest BCUT2D eigenvalue weighted by Gasteiger charge is 2.14. The fraction of sp³-hybridized carbons (Fsp3) is 0.417. The maximum atomic E-state index is 13.4. The average molecular weight is 242 g/mol. The molecule has 5 heteroatoms. The van der Waals surface area contributed by atoms with Crippen LogP contribution >= 0.6 is 0 Å². The minimum atomic E-state index is -0.727. The Balaban J connectivity index is 2.68. The Hall–Kier alpha value is -1.49. The minimum absolute atomic E-state index is 0.0980. The lowest BCUT2D eigenvalue weighted by molar-refractivity contribution is -0.118. The molecule has 3 nitrogen and oxygen atoms in total. The predicted molar refractivity (Wildman–Crippen MR) is 62.9 cm³/mol. The molecule has 0 bridgehead atoms. The van der Waals surface area contributed by atoms with Crippen LogP contribution in [0.4, 0.5) is 14.5 Å². The lowest BCUT2D eigenvalue weighted by atomic mass is 10.2. The molecule has 0 atom stereocenters. The predicted octanol–water partition coefficient (Wildman–Crippen LogP) is 1.93. The Morgan fingerprint density at radius 3 is 2.71 bits per heavy atom. The third-order valence-corrected chi connectivity index (χ3v) is 2.46. The van der Waals surface area contributed by atoms with Crippen molar-refractivity contribution in [1.82, 2.24) is 5.32 Å². The van der Waals surface area contributed by atoms with Crippen molar-refractivity contribution in [2.75, 3.05) is 25.5 Å². The van der Waals surface area contributed by atoms with E-state index in [1.807, 2.05) is 0 Å². The highest BCUT2D eigenvalue weighted by atomic mass is 19.1. The lowest BCUT2D eigenvalue weighted by Crippen LogP contribution is -2.27. The van der Waals surface area contributed by atoms with E-state index < -0.39 is 11.6 Å². The van der Waals surface area contributed by atoms with Gasteiger partial charge in [0.15, 0.2) is 0 Å². The van der Waals surface area contributed by atoms with Crippen LogP contribution in [0, 0.1) is 11.6 Å². The molecule has 1 aromatic rings. The standard InChI is InChI=1S/C12H16F2N2O/c1-15-7-3-4-12(17)16(2)11-6-5-9(13)8-10(11)14/h5-6,8,15H,3-4,7H2,1-2H3. The maximum Gasteiger partial charge on any atom is 0.226 e. The molecule has 0 radical (unpaired) electrons. The maximum absolute atomic E-state index is 13.4. The van der Waals surface area contributed by atoms with Gasteiger partial charge in [-0.1, -0.05) is 0 Å². The summed E-state index contributed by atoms with van der Waals surface area (Å²) in [5.74, 6) is -1.57. The molecule has 1 amide bonds. The largest absolute Gasteiger partial charge is 0.320 e. The van der Waals surface area contributed by atoms with E-state index in [0.717, 1.165) is 18.7 Å². The number of halogens is 2. The number of hydrogen-bond acceptors (Lipinski definition) is 2. The molecule has 0 saturated carbocycles. The van der Waals surface area contributed by atoms with Crippen molar-refractivity contribution >= 4 is 11.6 Å². The molecule has 0 fully saturated rings. The van der Waals surface area contributed by atoms with Crippen LogP contribution in [0.25, 0.3) is 0 Å². The SMILES string of the molecule is CNCCCC(=O)N(C)c1ccc(F)cc1F. The number of anilines is 1. The molecule has 0 unspecified atom stereocenters. The molecule has 0 saturated heterocycles. The van der Waals surface area contributed by atoms with E-state index in [1.165, 1.54) is 18.0 Å². The van der Waals surface area contributed by atoms with Crippen LogP contribution in [-0.2, 0) is 4.79 Å². The van der Waals surface area contributed by atoms with Crippen molar-refractivity contribution in [2.24, 2.45) is 0 Å². The van der Waals surface area contributed by atoms with Gasteiger partial charge in [0, 0.05) is 19.5 Å². The minimum Gasteiger partial charge on any atom is -0.320 e. The molecule has 0 aliphatic carbocycles. The Kier molecular flexibility index (Phi) is 5.03. The quantitative estimate of drug-likeness (QED) is 0.800. The zero-order chi connectivity index (χ0) is 12.8. The van der Waals surface area contributed by atoms with E-state index in [2.05, 4.69) is 5.32 Å². The van der Waals surface area contributed by atoms with Gasteiger partial charge in [-0.05, 0) is 32.1 Å². The summed E-state index contributed by atoms with van der Waals surface area (Å²) in [5.41, 5.74) is 0.0980. The van der Waals surface area contributed by atoms with E-state index in [9.17, 15) is 13.6 Å². The summed E-state index contributed by atoms with van der Waals surface area (Å²) in [6, 6.07) is 3.17. The summed E-state index contributed by atoms with van der Waals surface area (Å²) in [6.45, 7) is 0.728. The van der Waals surface area contributed by atoms with Gasteiger partial charge in [0.25, 0.3) is 0 Å². The normalized spacial score (nSPS) is 10.4. The topological polar surface area (TPSA) is 32.3 Å². The molecule has 94 valence electrons. The summed E-state index contributed by atoms with van der Waals surface area (Å²) in [5, 5.41) is 2.93. The zero-order valence-corrected chi connectivity index (χ0v) is 9.96. The van der Waals surface area contributed by atoms with Gasteiger partial charge >= 0.3 is 0 Å². The van der Waals surface area contributed by atoms with Gasteiger partial charge in [-0.25, -0.2) is 8.78 Å². The smallest absolute Gasteiger partial charge is 0.226 e. The van der Waals surface area contributed by atoms with Crippen LogP contribution in [0.5, 0.6) is 0 Å². The zero-order valence-electron chi connectivity index (χ0n) is 9.96. The van der Waals surface area contributed by atoms with Crippen molar-refractivity contribution in [3.63, 3.8) is 0 Å². The van der Waals surface area contributed by atoms with Gasteiger partial charge in [0.1, 0.15) is 11.6 Å². The van der Waals surface area contributed by atoms with Gasteiger partial charge < -0.3 is 10.2 Å². The molecule has 0 aliphatic heterocycles. The fourth-order valence-electron chi connectivity index (χ4n) is 1.47. The van der Waals surface area contributed by atoms with Crippen molar-refractivity contribution in [3.05, 3.63) is 29.8 Å². The van der Waals surface area contributed by atoms with E-state index >= 15 is 0 Å². The van der Waals surface area contributed by atoms with Gasteiger partial charge in [-0.3, -0.25) is 4.79 Å². The second-order valence-electron chi connectivity index (χ2n) is 3.76. The van der Waals surface area contributed by atoms with Crippen LogP contribution in [0.1, 0.15) is 12.8 Å². The number of amides is 1. The molecule has 0 aliphatic rings. The van der Waals surface area contributed by atoms with Crippen LogP contribution in [0.15, 0.2) is 18.2 Å². The van der Waals surface area contributed by atoms with Crippen molar-refractivity contribution in [1.29, 1.82) is 0 Å². The molecular formula is C12H16F2N2O. The van der Waals surface area contributed by atoms with E-state index in [4.69, 9.17) is 0 Å². The monoisotopic (exact) mass is 242 g/mol. The van der Waals surface area contributed by atoms with Crippen molar-refractivity contribution < 1.29 is 13.6 Å². The van der Waals surface area contributed by atoms with Gasteiger partial charge in [-0.15, -0.1) is 0 Å². The summed E-state index contributed by atoms with van der Waals surface area (Å²) in [7, 11) is 3.28. The Bertz CT molecular complexity index is 396. The Morgan fingerprint density at radius 1 is 1.41 bits per heavy atom. The second-order valence-corrected chi connectivity index (χ2v) is 3.76. The molecule has 1 aromatic carbocycles. The molecule has 0 heterocycles. The summed E-state index contributed by atoms with van der Waals surface area (Å²) < 4.78 is 26.1. The van der Waals surface area contributed by atoms with Crippen LogP contribution < -0.4 is 10.2 Å². The molecule has 0 aromatic heterocycles. The highest BCUT2D eigenvalue weighted by molar-refractivity contribution is 5.92. The van der Waals surface area contributed by atoms with Gasteiger partial charge in [0.2, 0.25) is 5.91 Å². The second kappa shape index (κ2) is 6.30. The number of benzene rings is 1. The first-order chi connectivity index (χ1) is 8.06. The third-order valence-electron chi connectivity index (χ3n) is 2.46. The number of carbonyl (C=O) groups is 1. The molecule has 17 heavy (non-hydrogen) atoms. The Morgan fingerprint density at radius 2 is 2.12 bits per heavy atom. The number of nitrogens with one attached hydrogen (secondary N) is 1. The number of rotatable bonds is 5. The fourth-order valence-corrected chi connectivity index (χ4v) is 1.47. The summed E-state index contributed by atoms with van der Waals surface area (Å²) in [4.78, 5) is 12.9. The third kappa shape index (κ3) is 3.78. The van der Waals surface area contributed by atoms with Gasteiger partial charge in [0.05, 0.1) is 5.69 Å². The van der Waals surface area contributed by atoms with Crippen molar-refractivity contribution in [2.45, 2.75) is 12.8 Å². The molecular weight excluding hydrogens is 226 g/mol. The summed E-state index contributed by atoms with van der Waals surface area (Å²) in [6.07, 6.45) is 1.01. The van der Waals surface area contributed by atoms with E-state index in [-0.39, 0.29) is 11.6 Å². The summed E-state index contributed by atoms with van der Waals surface area (Å²) >= 11 is 0. The molecule has 1 N–H and O–H groups in total. The first kappa shape index (κ1) is 13.6. The van der Waals surface area contributed by atoms with E-state index in [0.29, 0.717) is 12.8 Å². The van der Waals surface area contributed by atoms with Crippen molar-refractivity contribution in [3.8, 4) is 0 Å². The molecule has 1 rings (SSSR count). The number of carbonyl (C=O) groups excluding carboxylic acids is 1. The number of hydrogen-bond donors (Lipinski definition) is 1. The van der Waals surface area contributed by atoms with Crippen LogP contribution in [-0.4, -0.2) is 26.5 Å². The Labute approximate surface area is 99.4 Å². The van der Waals surface area contributed by atoms with Crippen LogP contribution in [0.3, 0.4) is 0 Å². The first-order valence-corrected chi connectivity index (χ1v) is 5.42. The van der Waals surface area contributed by atoms with Gasteiger partial charge in [-0.2, -0.15) is 0 Å². The molecule has 0 spiro atoms.